The fourth-order valence-electron chi connectivity index (χ4n) is 4.14. The van der Waals surface area contributed by atoms with Gasteiger partial charge in [0, 0.05) is 53.9 Å². The third-order valence-corrected chi connectivity index (χ3v) is 6.09. The summed E-state index contributed by atoms with van der Waals surface area (Å²) in [6.07, 6.45) is 13.5. The first kappa shape index (κ1) is 18.1. The van der Waals surface area contributed by atoms with Crippen molar-refractivity contribution in [3.8, 4) is 22.3 Å². The number of aromatic amines is 1. The number of rotatable bonds is 5. The smallest absolute Gasteiger partial charge is 0.224 e. The van der Waals surface area contributed by atoms with Crippen LogP contribution in [0.5, 0.6) is 0 Å². The summed E-state index contributed by atoms with van der Waals surface area (Å²) in [5.41, 5.74) is 4.67. The van der Waals surface area contributed by atoms with Crippen molar-refractivity contribution in [2.24, 2.45) is 7.05 Å². The van der Waals surface area contributed by atoms with Gasteiger partial charge >= 0.3 is 0 Å². The number of pyridine rings is 1. The summed E-state index contributed by atoms with van der Waals surface area (Å²) < 4.78 is 17.9. The van der Waals surface area contributed by atoms with Gasteiger partial charge in [0.2, 0.25) is 5.95 Å². The number of nitrogens with one attached hydrogen (secondary N) is 2. The first-order valence-electron chi connectivity index (χ1n) is 10.3. The van der Waals surface area contributed by atoms with Crippen LogP contribution in [0.1, 0.15) is 19.3 Å². The van der Waals surface area contributed by atoms with Crippen molar-refractivity contribution in [3.63, 3.8) is 0 Å². The van der Waals surface area contributed by atoms with E-state index in [9.17, 15) is 4.39 Å². The second-order valence-electron chi connectivity index (χ2n) is 8.22. The highest BCUT2D eigenvalue weighted by atomic mass is 19.1. The third kappa shape index (κ3) is 3.04. The summed E-state index contributed by atoms with van der Waals surface area (Å²) in [6, 6.07) is 4.12. The van der Waals surface area contributed by atoms with Crippen LogP contribution in [-0.4, -0.2) is 46.6 Å². The van der Waals surface area contributed by atoms with Crippen molar-refractivity contribution in [1.29, 1.82) is 0 Å². The Labute approximate surface area is 177 Å². The maximum Gasteiger partial charge on any atom is 0.224 e. The zero-order chi connectivity index (χ0) is 21.0. The summed E-state index contributed by atoms with van der Waals surface area (Å²) in [7, 11) is 1.90. The Morgan fingerprint density at radius 3 is 2.84 bits per heavy atom. The molecule has 2 N–H and O–H groups in total. The third-order valence-electron chi connectivity index (χ3n) is 6.09. The van der Waals surface area contributed by atoms with Crippen LogP contribution < -0.4 is 5.32 Å². The molecule has 0 spiro atoms. The molecule has 1 aliphatic carbocycles. The molecule has 0 saturated heterocycles. The lowest BCUT2D eigenvalue weighted by Crippen LogP contribution is -2.39. The average molecular weight is 416 g/mol. The van der Waals surface area contributed by atoms with Crippen molar-refractivity contribution in [2.75, 3.05) is 11.9 Å². The van der Waals surface area contributed by atoms with Gasteiger partial charge in [-0.05, 0) is 37.0 Å². The molecule has 5 aromatic heterocycles. The number of aromatic nitrogens is 7. The van der Waals surface area contributed by atoms with E-state index in [-0.39, 0.29) is 6.54 Å². The predicted octanol–water partition coefficient (Wildman–Crippen LogP) is 3.98. The molecule has 0 atom stereocenters. The van der Waals surface area contributed by atoms with E-state index >= 15 is 0 Å². The summed E-state index contributed by atoms with van der Waals surface area (Å²) in [4.78, 5) is 12.2. The monoisotopic (exact) mass is 416 g/mol. The van der Waals surface area contributed by atoms with E-state index in [1.165, 1.54) is 0 Å². The second kappa shape index (κ2) is 6.63. The molecule has 0 radical (unpaired) electrons. The van der Waals surface area contributed by atoms with Gasteiger partial charge in [-0.25, -0.2) is 13.9 Å². The first-order chi connectivity index (χ1) is 15.1. The lowest BCUT2D eigenvalue weighted by Gasteiger charge is -2.33. The molecular formula is C22H21FN8. The van der Waals surface area contributed by atoms with Crippen molar-refractivity contribution in [3.05, 3.63) is 49.3 Å². The number of hydrogen-bond acceptors (Lipinski definition) is 5. The van der Waals surface area contributed by atoms with Gasteiger partial charge in [0.25, 0.3) is 0 Å². The van der Waals surface area contributed by atoms with Crippen LogP contribution in [0.3, 0.4) is 0 Å². The Hall–Kier alpha value is -3.75. The van der Waals surface area contributed by atoms with E-state index in [4.69, 9.17) is 0 Å². The van der Waals surface area contributed by atoms with Gasteiger partial charge in [0.1, 0.15) is 11.3 Å². The maximum atomic E-state index is 14.3. The molecule has 1 fully saturated rings. The fraction of sp³-hybridized carbons (Fsp3) is 0.273. The highest BCUT2D eigenvalue weighted by Crippen LogP contribution is 2.36. The molecule has 0 unspecified atom stereocenters. The number of nitrogens with zero attached hydrogens (tertiary/aromatic N) is 6. The van der Waals surface area contributed by atoms with E-state index in [1.54, 1.807) is 10.9 Å². The van der Waals surface area contributed by atoms with Gasteiger partial charge < -0.3 is 10.3 Å². The Kier molecular flexibility index (Phi) is 3.86. The molecule has 156 valence electrons. The number of fused-ring (bicyclic) bond motifs is 2. The fourth-order valence-corrected chi connectivity index (χ4v) is 4.14. The van der Waals surface area contributed by atoms with Crippen LogP contribution in [-0.2, 0) is 7.05 Å². The summed E-state index contributed by atoms with van der Waals surface area (Å²) in [5, 5.41) is 12.7. The molecule has 9 heteroatoms. The van der Waals surface area contributed by atoms with Gasteiger partial charge in [0.05, 0.1) is 24.5 Å². The molecular weight excluding hydrogens is 395 g/mol. The van der Waals surface area contributed by atoms with Crippen LogP contribution in [0, 0.1) is 0 Å². The Morgan fingerprint density at radius 2 is 2.06 bits per heavy atom. The zero-order valence-electron chi connectivity index (χ0n) is 17.0. The highest BCUT2D eigenvalue weighted by molar-refractivity contribution is 5.95. The number of halogens is 1. The largest absolute Gasteiger partial charge is 0.351 e. The molecule has 5 heterocycles. The number of alkyl halides is 1. The lowest BCUT2D eigenvalue weighted by atomic mass is 9.82. The standard InChI is InChI=1S/C22H21FN8/c1-30-12-15(8-27-30)17-11-28-31-6-3-14(7-19(17)31)16-9-24-20-18(16)10-25-21(29-20)26-13-22(23)4-2-5-22/h3,6-12H,2,4-5,13H2,1H3,(H2,24,25,26,29). The van der Waals surface area contributed by atoms with Crippen LogP contribution in [0.2, 0.25) is 0 Å². The Morgan fingerprint density at radius 1 is 1.16 bits per heavy atom. The van der Waals surface area contributed by atoms with Crippen LogP contribution in [0.25, 0.3) is 38.8 Å². The minimum atomic E-state index is -1.12. The minimum Gasteiger partial charge on any atom is -0.351 e. The Bertz CT molecular complexity index is 1410. The van der Waals surface area contributed by atoms with E-state index in [0.717, 1.165) is 45.2 Å². The minimum absolute atomic E-state index is 0.251. The van der Waals surface area contributed by atoms with Crippen molar-refractivity contribution >= 4 is 22.5 Å². The predicted molar refractivity (Wildman–Crippen MR) is 116 cm³/mol. The molecule has 5 aromatic rings. The van der Waals surface area contributed by atoms with Gasteiger partial charge in [-0.15, -0.1) is 0 Å². The normalized spacial score (nSPS) is 15.4. The first-order valence-corrected chi connectivity index (χ1v) is 10.3. The van der Waals surface area contributed by atoms with Crippen molar-refractivity contribution < 1.29 is 4.39 Å². The van der Waals surface area contributed by atoms with Crippen molar-refractivity contribution in [1.82, 2.24) is 34.3 Å². The molecule has 0 aromatic carbocycles. The SMILES string of the molecule is Cn1cc(-c2cnn3ccc(-c4c[nH]c5nc(NCC6(F)CCC6)ncc45)cc23)cn1. The molecule has 0 bridgehead atoms. The van der Waals surface area contributed by atoms with Gasteiger partial charge in [-0.2, -0.15) is 15.2 Å². The molecule has 1 saturated carbocycles. The zero-order valence-corrected chi connectivity index (χ0v) is 17.0. The van der Waals surface area contributed by atoms with Crippen LogP contribution in [0.15, 0.2) is 49.3 Å². The van der Waals surface area contributed by atoms with E-state index in [0.29, 0.717) is 18.8 Å². The molecule has 1 aliphatic rings. The number of anilines is 1. The lowest BCUT2D eigenvalue weighted by molar-refractivity contribution is 0.0782. The number of H-pyrrole nitrogens is 1. The maximum absolute atomic E-state index is 14.3. The van der Waals surface area contributed by atoms with Gasteiger partial charge in [-0.1, -0.05) is 0 Å². The molecule has 0 amide bonds. The number of hydrogen-bond donors (Lipinski definition) is 2. The summed E-state index contributed by atoms with van der Waals surface area (Å²) in [5.74, 6) is 0.440. The van der Waals surface area contributed by atoms with Gasteiger partial charge in [-0.3, -0.25) is 4.68 Å². The number of aryl methyl sites for hydroxylation is 1. The van der Waals surface area contributed by atoms with Crippen LogP contribution >= 0.6 is 0 Å². The van der Waals surface area contributed by atoms with Crippen molar-refractivity contribution in [2.45, 2.75) is 24.9 Å². The quantitative estimate of drug-likeness (QED) is 0.452. The molecule has 6 rings (SSSR count). The average Bonchev–Trinajstić information content (AvgIpc) is 3.47. The second-order valence-corrected chi connectivity index (χ2v) is 8.22. The summed E-state index contributed by atoms with van der Waals surface area (Å²) >= 11 is 0. The van der Waals surface area contributed by atoms with E-state index < -0.39 is 5.67 Å². The van der Waals surface area contributed by atoms with E-state index in [2.05, 4.69) is 36.5 Å². The molecule has 31 heavy (non-hydrogen) atoms. The Balaban J connectivity index is 1.35. The van der Waals surface area contributed by atoms with Crippen LogP contribution in [0.4, 0.5) is 10.3 Å². The molecule has 0 aliphatic heterocycles. The van der Waals surface area contributed by atoms with E-state index in [1.807, 2.05) is 48.6 Å². The molecule has 8 nitrogen and oxygen atoms in total. The summed E-state index contributed by atoms with van der Waals surface area (Å²) in [6.45, 7) is 0.251. The van der Waals surface area contributed by atoms with Gasteiger partial charge in [0.15, 0.2) is 0 Å². The highest BCUT2D eigenvalue weighted by Gasteiger charge is 2.36. The topological polar surface area (TPSA) is 88.7 Å².